The van der Waals surface area contributed by atoms with Gasteiger partial charge in [-0.3, -0.25) is 4.98 Å². The third-order valence-corrected chi connectivity index (χ3v) is 4.82. The summed E-state index contributed by atoms with van der Waals surface area (Å²) in [6.07, 6.45) is 4.19. The average molecular weight is 329 g/mol. The van der Waals surface area contributed by atoms with Gasteiger partial charge in [-0.2, -0.15) is 18.2 Å². The quantitative estimate of drug-likeness (QED) is 0.841. The van der Waals surface area contributed by atoms with Crippen molar-refractivity contribution in [1.29, 1.82) is 0 Å². The molecule has 1 aromatic rings. The first kappa shape index (κ1) is 16.3. The smallest absolute Gasteiger partial charge is 0.391 e. The number of aromatic nitrogens is 2. The molecule has 3 rings (SSSR count). The largest absolute Gasteiger partial charge is 0.476 e. The van der Waals surface area contributed by atoms with Gasteiger partial charge in [0.2, 0.25) is 5.88 Å². The van der Waals surface area contributed by atoms with Gasteiger partial charge in [0.1, 0.15) is 0 Å². The van der Waals surface area contributed by atoms with Gasteiger partial charge in [-0.1, -0.05) is 12.8 Å². The molecule has 128 valence electrons. The highest BCUT2D eigenvalue weighted by molar-refractivity contribution is 5.38. The van der Waals surface area contributed by atoms with E-state index in [2.05, 4.69) is 9.97 Å². The highest BCUT2D eigenvalue weighted by atomic mass is 19.4. The number of ether oxygens (including phenoxy) is 1. The standard InChI is InChI=1S/C16H22F3N3O/c17-16(18,19)13-5-7-22(8-6-13)14-9-20-10-15(21-14)23-11-12-3-1-2-4-12/h9-10,12-13H,1-8,11H2. The minimum absolute atomic E-state index is 0.109. The zero-order valence-electron chi connectivity index (χ0n) is 13.1. The van der Waals surface area contributed by atoms with Gasteiger partial charge in [0.15, 0.2) is 5.82 Å². The number of hydrogen-bond donors (Lipinski definition) is 0. The molecule has 0 N–H and O–H groups in total. The Labute approximate surface area is 134 Å². The number of nitrogens with zero attached hydrogens (tertiary/aromatic N) is 3. The monoisotopic (exact) mass is 329 g/mol. The molecule has 1 aliphatic carbocycles. The SMILES string of the molecule is FC(F)(F)C1CCN(c2cncc(OCC3CCCC3)n2)CC1. The Morgan fingerprint density at radius 3 is 2.43 bits per heavy atom. The fourth-order valence-corrected chi connectivity index (χ4v) is 3.38. The normalized spacial score (nSPS) is 20.9. The summed E-state index contributed by atoms with van der Waals surface area (Å²) in [7, 11) is 0. The van der Waals surface area contributed by atoms with Crippen LogP contribution in [0.15, 0.2) is 12.4 Å². The molecule has 23 heavy (non-hydrogen) atoms. The van der Waals surface area contributed by atoms with Crippen LogP contribution in [0.3, 0.4) is 0 Å². The second-order valence-electron chi connectivity index (χ2n) is 6.48. The van der Waals surface area contributed by atoms with Crippen molar-refractivity contribution in [2.24, 2.45) is 11.8 Å². The topological polar surface area (TPSA) is 38.2 Å². The van der Waals surface area contributed by atoms with Gasteiger partial charge >= 0.3 is 6.18 Å². The predicted molar refractivity (Wildman–Crippen MR) is 80.5 cm³/mol. The number of alkyl halides is 3. The van der Waals surface area contributed by atoms with Crippen molar-refractivity contribution in [3.8, 4) is 5.88 Å². The lowest BCUT2D eigenvalue weighted by Crippen LogP contribution is -2.39. The van der Waals surface area contributed by atoms with Crippen LogP contribution in [0.4, 0.5) is 19.0 Å². The van der Waals surface area contributed by atoms with E-state index in [1.54, 1.807) is 12.4 Å². The molecular weight excluding hydrogens is 307 g/mol. The van der Waals surface area contributed by atoms with Crippen molar-refractivity contribution in [2.45, 2.75) is 44.7 Å². The molecule has 1 aromatic heterocycles. The Hall–Kier alpha value is -1.53. The van der Waals surface area contributed by atoms with Gasteiger partial charge in [0, 0.05) is 13.1 Å². The van der Waals surface area contributed by atoms with Gasteiger partial charge in [0.25, 0.3) is 0 Å². The number of anilines is 1. The van der Waals surface area contributed by atoms with Crippen LogP contribution in [0.2, 0.25) is 0 Å². The summed E-state index contributed by atoms with van der Waals surface area (Å²) in [6.45, 7) is 1.35. The highest BCUT2D eigenvalue weighted by Crippen LogP contribution is 2.35. The molecule has 2 heterocycles. The highest BCUT2D eigenvalue weighted by Gasteiger charge is 2.41. The van der Waals surface area contributed by atoms with E-state index in [9.17, 15) is 13.2 Å². The van der Waals surface area contributed by atoms with Crippen LogP contribution in [0.25, 0.3) is 0 Å². The summed E-state index contributed by atoms with van der Waals surface area (Å²) in [5, 5.41) is 0. The van der Waals surface area contributed by atoms with Crippen LogP contribution in [-0.4, -0.2) is 35.8 Å². The summed E-state index contributed by atoms with van der Waals surface area (Å²) >= 11 is 0. The summed E-state index contributed by atoms with van der Waals surface area (Å²) in [5.74, 6) is 0.457. The third-order valence-electron chi connectivity index (χ3n) is 4.82. The Balaban J connectivity index is 1.55. The van der Waals surface area contributed by atoms with Crippen molar-refractivity contribution >= 4 is 5.82 Å². The van der Waals surface area contributed by atoms with Gasteiger partial charge in [0.05, 0.1) is 24.9 Å². The molecule has 0 spiro atoms. The van der Waals surface area contributed by atoms with Gasteiger partial charge in [-0.25, -0.2) is 0 Å². The molecule has 0 aromatic carbocycles. The number of halogens is 3. The number of rotatable bonds is 4. The molecule has 1 saturated heterocycles. The van der Waals surface area contributed by atoms with Crippen LogP contribution in [-0.2, 0) is 0 Å². The fourth-order valence-electron chi connectivity index (χ4n) is 3.38. The molecule has 1 aliphatic heterocycles. The molecule has 0 radical (unpaired) electrons. The predicted octanol–water partition coefficient (Wildman–Crippen LogP) is 3.82. The molecule has 4 nitrogen and oxygen atoms in total. The van der Waals surface area contributed by atoms with Crippen molar-refractivity contribution < 1.29 is 17.9 Å². The molecule has 2 aliphatic rings. The van der Waals surface area contributed by atoms with Crippen molar-refractivity contribution in [3.05, 3.63) is 12.4 Å². The summed E-state index contributed by atoms with van der Waals surface area (Å²) < 4.78 is 43.9. The summed E-state index contributed by atoms with van der Waals surface area (Å²) in [6, 6.07) is 0. The van der Waals surface area contributed by atoms with Crippen LogP contribution in [0.1, 0.15) is 38.5 Å². The fraction of sp³-hybridized carbons (Fsp3) is 0.750. The minimum atomic E-state index is -4.09. The van der Waals surface area contributed by atoms with E-state index in [-0.39, 0.29) is 12.8 Å². The molecule has 0 atom stereocenters. The van der Waals surface area contributed by atoms with E-state index in [0.29, 0.717) is 37.3 Å². The second-order valence-corrected chi connectivity index (χ2v) is 6.48. The van der Waals surface area contributed by atoms with Crippen molar-refractivity contribution in [2.75, 3.05) is 24.6 Å². The molecule has 0 amide bonds. The lowest BCUT2D eigenvalue weighted by molar-refractivity contribution is -0.179. The first-order chi connectivity index (χ1) is 11.0. The van der Waals surface area contributed by atoms with Crippen molar-refractivity contribution in [1.82, 2.24) is 9.97 Å². The summed E-state index contributed by atoms with van der Waals surface area (Å²) in [4.78, 5) is 10.4. The van der Waals surface area contributed by atoms with Crippen molar-refractivity contribution in [3.63, 3.8) is 0 Å². The molecule has 7 heteroatoms. The van der Waals surface area contributed by atoms with Gasteiger partial charge in [-0.05, 0) is 31.6 Å². The Kier molecular flexibility index (Phi) is 4.92. The minimum Gasteiger partial charge on any atom is -0.476 e. The van der Waals surface area contributed by atoms with Crippen LogP contribution in [0.5, 0.6) is 5.88 Å². The molecule has 1 saturated carbocycles. The van der Waals surface area contributed by atoms with E-state index in [1.165, 1.54) is 25.7 Å². The Bertz CT molecular complexity index is 510. The second kappa shape index (κ2) is 6.93. The zero-order valence-corrected chi connectivity index (χ0v) is 13.1. The van der Waals surface area contributed by atoms with E-state index < -0.39 is 12.1 Å². The maximum Gasteiger partial charge on any atom is 0.391 e. The van der Waals surface area contributed by atoms with E-state index in [0.717, 1.165) is 0 Å². The van der Waals surface area contributed by atoms with Gasteiger partial charge in [-0.15, -0.1) is 0 Å². The summed E-state index contributed by atoms with van der Waals surface area (Å²) in [5.41, 5.74) is 0. The van der Waals surface area contributed by atoms with Crippen LogP contribution >= 0.6 is 0 Å². The van der Waals surface area contributed by atoms with Crippen LogP contribution in [0, 0.1) is 11.8 Å². The Morgan fingerprint density at radius 2 is 1.78 bits per heavy atom. The zero-order chi connectivity index (χ0) is 16.3. The van der Waals surface area contributed by atoms with Crippen LogP contribution < -0.4 is 9.64 Å². The molecule has 2 fully saturated rings. The maximum absolute atomic E-state index is 12.7. The van der Waals surface area contributed by atoms with Gasteiger partial charge < -0.3 is 9.64 Å². The van der Waals surface area contributed by atoms with E-state index in [4.69, 9.17) is 4.74 Å². The lowest BCUT2D eigenvalue weighted by atomic mass is 9.96. The number of hydrogen-bond acceptors (Lipinski definition) is 4. The maximum atomic E-state index is 12.7. The molecular formula is C16H22F3N3O. The molecule has 0 bridgehead atoms. The number of piperidine rings is 1. The lowest BCUT2D eigenvalue weighted by Gasteiger charge is -2.33. The Morgan fingerprint density at radius 1 is 1.09 bits per heavy atom. The first-order valence-electron chi connectivity index (χ1n) is 8.29. The van der Waals surface area contributed by atoms with E-state index in [1.807, 2.05) is 4.90 Å². The average Bonchev–Trinajstić information content (AvgIpc) is 3.06. The third kappa shape index (κ3) is 4.26. The first-order valence-corrected chi connectivity index (χ1v) is 8.29. The molecule has 0 unspecified atom stereocenters. The van der Waals surface area contributed by atoms with E-state index >= 15 is 0 Å².